The summed E-state index contributed by atoms with van der Waals surface area (Å²) in [4.78, 5) is 23.5. The van der Waals surface area contributed by atoms with Crippen LogP contribution < -0.4 is 10.6 Å². The molecular formula is C11H23N3O3. The van der Waals surface area contributed by atoms with Crippen molar-refractivity contribution < 1.29 is 14.7 Å². The predicted octanol–water partition coefficient (Wildman–Crippen LogP) is 0.491. The molecule has 100 valence electrons. The van der Waals surface area contributed by atoms with E-state index in [1.54, 1.807) is 0 Å². The molecule has 0 aliphatic carbocycles. The number of rotatable bonds is 8. The van der Waals surface area contributed by atoms with Crippen molar-refractivity contribution in [1.29, 1.82) is 0 Å². The van der Waals surface area contributed by atoms with Crippen LogP contribution in [0.1, 0.15) is 26.7 Å². The first-order valence-corrected chi connectivity index (χ1v) is 5.87. The van der Waals surface area contributed by atoms with Gasteiger partial charge in [-0.3, -0.25) is 4.79 Å². The molecular weight excluding hydrogens is 222 g/mol. The topological polar surface area (TPSA) is 81.7 Å². The van der Waals surface area contributed by atoms with Gasteiger partial charge in [-0.2, -0.15) is 0 Å². The van der Waals surface area contributed by atoms with Crippen LogP contribution in [0.3, 0.4) is 0 Å². The van der Waals surface area contributed by atoms with Gasteiger partial charge in [0, 0.05) is 12.6 Å². The molecule has 2 amide bonds. The van der Waals surface area contributed by atoms with Crippen molar-refractivity contribution in [2.24, 2.45) is 0 Å². The maximum atomic E-state index is 11.1. The summed E-state index contributed by atoms with van der Waals surface area (Å²) in [7, 11) is 2.07. The van der Waals surface area contributed by atoms with Gasteiger partial charge in [0.1, 0.15) is 6.54 Å². The van der Waals surface area contributed by atoms with Crippen LogP contribution in [-0.4, -0.2) is 54.7 Å². The summed E-state index contributed by atoms with van der Waals surface area (Å²) in [6, 6.07) is 0.103. The second-order valence-electron chi connectivity index (χ2n) is 4.28. The summed E-state index contributed by atoms with van der Waals surface area (Å²) in [5.41, 5.74) is 0. The molecule has 6 heteroatoms. The minimum atomic E-state index is -1.04. The van der Waals surface area contributed by atoms with Gasteiger partial charge >= 0.3 is 12.0 Å². The second kappa shape index (κ2) is 8.81. The van der Waals surface area contributed by atoms with Gasteiger partial charge in [0.25, 0.3) is 0 Å². The van der Waals surface area contributed by atoms with E-state index < -0.39 is 12.0 Å². The van der Waals surface area contributed by atoms with Crippen molar-refractivity contribution in [3.63, 3.8) is 0 Å². The molecule has 0 unspecified atom stereocenters. The Morgan fingerprint density at radius 2 is 1.88 bits per heavy atom. The summed E-state index contributed by atoms with van der Waals surface area (Å²) in [6.07, 6.45) is 1.89. The highest BCUT2D eigenvalue weighted by atomic mass is 16.4. The third kappa shape index (κ3) is 9.62. The molecule has 0 rings (SSSR count). The zero-order valence-corrected chi connectivity index (χ0v) is 10.8. The highest BCUT2D eigenvalue weighted by molar-refractivity contribution is 5.79. The molecule has 0 fully saturated rings. The van der Waals surface area contributed by atoms with Crippen LogP contribution in [0.15, 0.2) is 0 Å². The van der Waals surface area contributed by atoms with Gasteiger partial charge in [-0.05, 0) is 40.3 Å². The Morgan fingerprint density at radius 3 is 2.41 bits per heavy atom. The van der Waals surface area contributed by atoms with Gasteiger partial charge in [-0.15, -0.1) is 0 Å². The molecule has 3 N–H and O–H groups in total. The third-order valence-electron chi connectivity index (χ3n) is 2.50. The molecule has 17 heavy (non-hydrogen) atoms. The predicted molar refractivity (Wildman–Crippen MR) is 66.0 cm³/mol. The van der Waals surface area contributed by atoms with Crippen LogP contribution in [0, 0.1) is 0 Å². The van der Waals surface area contributed by atoms with Crippen LogP contribution in [0.25, 0.3) is 0 Å². The molecule has 0 aromatic heterocycles. The Morgan fingerprint density at radius 1 is 1.24 bits per heavy atom. The highest BCUT2D eigenvalue weighted by Gasteiger charge is 2.03. The second-order valence-corrected chi connectivity index (χ2v) is 4.28. The number of hydrogen-bond donors (Lipinski definition) is 3. The third-order valence-corrected chi connectivity index (χ3v) is 2.50. The van der Waals surface area contributed by atoms with Crippen LogP contribution >= 0.6 is 0 Å². The fourth-order valence-corrected chi connectivity index (χ4v) is 1.16. The number of carbonyl (C=O) groups is 2. The van der Waals surface area contributed by atoms with E-state index in [1.807, 2.05) is 0 Å². The molecule has 0 heterocycles. The summed E-state index contributed by atoms with van der Waals surface area (Å²) >= 11 is 0. The molecule has 0 spiro atoms. The van der Waals surface area contributed by atoms with Gasteiger partial charge in [-0.1, -0.05) is 0 Å². The lowest BCUT2D eigenvalue weighted by Crippen LogP contribution is -2.39. The molecule has 0 saturated carbocycles. The number of carboxylic acids is 1. The quantitative estimate of drug-likeness (QED) is 0.544. The van der Waals surface area contributed by atoms with Crippen molar-refractivity contribution >= 4 is 12.0 Å². The van der Waals surface area contributed by atoms with E-state index in [2.05, 4.69) is 36.4 Å². The Labute approximate surface area is 102 Å². The van der Waals surface area contributed by atoms with Gasteiger partial charge in [0.2, 0.25) is 0 Å². The fraction of sp³-hybridized carbons (Fsp3) is 0.818. The minimum absolute atomic E-state index is 0.345. The van der Waals surface area contributed by atoms with E-state index in [1.165, 1.54) is 0 Å². The normalized spacial score (nSPS) is 10.6. The lowest BCUT2D eigenvalue weighted by Gasteiger charge is -2.20. The van der Waals surface area contributed by atoms with Crippen LogP contribution in [0.5, 0.6) is 0 Å². The summed E-state index contributed by atoms with van der Waals surface area (Å²) in [5, 5.41) is 13.2. The SMILES string of the molecule is CC(C)N(C)CCCCNC(=O)NCC(=O)O. The van der Waals surface area contributed by atoms with Crippen molar-refractivity contribution in [3.05, 3.63) is 0 Å². The Balaban J connectivity index is 3.39. The zero-order valence-electron chi connectivity index (χ0n) is 10.8. The average molecular weight is 245 g/mol. The Bertz CT molecular complexity index is 244. The van der Waals surface area contributed by atoms with Crippen LogP contribution in [0.2, 0.25) is 0 Å². The number of amides is 2. The van der Waals surface area contributed by atoms with Gasteiger partial charge in [0.05, 0.1) is 0 Å². The van der Waals surface area contributed by atoms with Crippen molar-refractivity contribution in [3.8, 4) is 0 Å². The molecule has 0 saturated heterocycles. The van der Waals surface area contributed by atoms with E-state index >= 15 is 0 Å². The maximum Gasteiger partial charge on any atom is 0.323 e. The molecule has 0 aromatic carbocycles. The average Bonchev–Trinajstić information content (AvgIpc) is 2.25. The number of unbranched alkanes of at least 4 members (excludes halogenated alkanes) is 1. The van der Waals surface area contributed by atoms with Crippen LogP contribution in [0.4, 0.5) is 4.79 Å². The molecule has 0 radical (unpaired) electrons. The van der Waals surface area contributed by atoms with Gasteiger partial charge < -0.3 is 20.6 Å². The van der Waals surface area contributed by atoms with Crippen molar-refractivity contribution in [2.45, 2.75) is 32.7 Å². The first-order valence-electron chi connectivity index (χ1n) is 5.87. The molecule has 0 atom stereocenters. The Kier molecular flexibility index (Phi) is 8.13. The van der Waals surface area contributed by atoms with Crippen molar-refractivity contribution in [1.82, 2.24) is 15.5 Å². The Hall–Kier alpha value is -1.30. The smallest absolute Gasteiger partial charge is 0.323 e. The van der Waals surface area contributed by atoms with Crippen LogP contribution in [-0.2, 0) is 4.79 Å². The van der Waals surface area contributed by atoms with Gasteiger partial charge in [-0.25, -0.2) is 4.79 Å². The standard InChI is InChI=1S/C11H23N3O3/c1-9(2)14(3)7-5-4-6-12-11(17)13-8-10(15)16/h9H,4-8H2,1-3H3,(H,15,16)(H2,12,13,17). The number of aliphatic carboxylic acids is 1. The summed E-state index contributed by atoms with van der Waals surface area (Å²) in [6.45, 7) is 5.49. The van der Waals surface area contributed by atoms with Crippen molar-refractivity contribution in [2.75, 3.05) is 26.7 Å². The summed E-state index contributed by atoms with van der Waals surface area (Å²) < 4.78 is 0. The molecule has 0 bridgehead atoms. The van der Waals surface area contributed by atoms with E-state index in [0.717, 1.165) is 19.4 Å². The number of urea groups is 1. The number of nitrogens with zero attached hydrogens (tertiary/aromatic N) is 1. The molecule has 0 aliphatic heterocycles. The number of carboxylic acid groups (broad SMARTS) is 1. The first kappa shape index (κ1) is 15.7. The largest absolute Gasteiger partial charge is 0.480 e. The highest BCUT2D eigenvalue weighted by Crippen LogP contribution is 1.97. The number of nitrogens with one attached hydrogen (secondary N) is 2. The van der Waals surface area contributed by atoms with E-state index in [9.17, 15) is 9.59 Å². The molecule has 0 aliphatic rings. The lowest BCUT2D eigenvalue weighted by atomic mass is 10.2. The zero-order chi connectivity index (χ0) is 13.3. The van der Waals surface area contributed by atoms with E-state index in [-0.39, 0.29) is 6.54 Å². The van der Waals surface area contributed by atoms with E-state index in [0.29, 0.717) is 12.6 Å². The molecule has 6 nitrogen and oxygen atoms in total. The monoisotopic (exact) mass is 245 g/mol. The first-order chi connectivity index (χ1) is 7.93. The minimum Gasteiger partial charge on any atom is -0.480 e. The maximum absolute atomic E-state index is 11.1. The fourth-order valence-electron chi connectivity index (χ4n) is 1.16. The number of carbonyl (C=O) groups excluding carboxylic acids is 1. The lowest BCUT2D eigenvalue weighted by molar-refractivity contribution is -0.135. The summed E-state index contributed by atoms with van der Waals surface area (Å²) in [5.74, 6) is -1.04. The van der Waals surface area contributed by atoms with E-state index in [4.69, 9.17) is 5.11 Å². The molecule has 0 aromatic rings. The van der Waals surface area contributed by atoms with Gasteiger partial charge in [0.15, 0.2) is 0 Å². The number of hydrogen-bond acceptors (Lipinski definition) is 3.